The predicted octanol–water partition coefficient (Wildman–Crippen LogP) is 7.40. The van der Waals surface area contributed by atoms with Gasteiger partial charge in [-0.1, -0.05) is 54.5 Å². The summed E-state index contributed by atoms with van der Waals surface area (Å²) in [6.07, 6.45) is -1.29. The summed E-state index contributed by atoms with van der Waals surface area (Å²) in [7, 11) is 0. The topological polar surface area (TPSA) is 64.4 Å². The van der Waals surface area contributed by atoms with Crippen LogP contribution in [0.15, 0.2) is 96.4 Å². The first-order valence-electron chi connectivity index (χ1n) is 12.2. The summed E-state index contributed by atoms with van der Waals surface area (Å²) in [5, 5.41) is 4.30. The second-order valence-corrected chi connectivity index (χ2v) is 9.26. The van der Waals surface area contributed by atoms with Crippen LogP contribution in [0.2, 0.25) is 0 Å². The molecular formula is C30H24F3N3O2. The number of aromatic nitrogens is 2. The number of hydrogen-bond acceptors (Lipinski definition) is 5. The molecule has 0 amide bonds. The summed E-state index contributed by atoms with van der Waals surface area (Å²) in [6, 6.07) is 23.3. The van der Waals surface area contributed by atoms with E-state index in [0.29, 0.717) is 23.3 Å². The molecule has 1 aliphatic rings. The summed E-state index contributed by atoms with van der Waals surface area (Å²) in [5.74, 6) is -0.445. The van der Waals surface area contributed by atoms with E-state index in [2.05, 4.69) is 15.1 Å². The highest BCUT2D eigenvalue weighted by Gasteiger charge is 2.32. The number of halogens is 3. The van der Waals surface area contributed by atoms with E-state index >= 15 is 0 Å². The maximum atomic E-state index is 13.4. The Bertz CT molecular complexity index is 1450. The van der Waals surface area contributed by atoms with Crippen LogP contribution < -0.4 is 0 Å². The molecule has 2 atom stereocenters. The third-order valence-electron chi connectivity index (χ3n) is 6.52. The van der Waals surface area contributed by atoms with Gasteiger partial charge in [0.1, 0.15) is 5.69 Å². The van der Waals surface area contributed by atoms with Crippen molar-refractivity contribution < 1.29 is 22.8 Å². The quantitative estimate of drug-likeness (QED) is 0.241. The first-order valence-corrected chi connectivity index (χ1v) is 12.2. The third kappa shape index (κ3) is 5.64. The molecule has 0 fully saturated rings. The second kappa shape index (κ2) is 10.6. The highest BCUT2D eigenvalue weighted by atomic mass is 19.4. The molecular weight excluding hydrogens is 491 g/mol. The highest BCUT2D eigenvalue weighted by Crippen LogP contribution is 2.32. The molecule has 4 aromatic rings. The number of carbonyl (C=O) groups is 1. The van der Waals surface area contributed by atoms with Crippen molar-refractivity contribution in [3.05, 3.63) is 119 Å². The van der Waals surface area contributed by atoms with Gasteiger partial charge in [0.25, 0.3) is 0 Å². The van der Waals surface area contributed by atoms with Gasteiger partial charge < -0.3 is 4.84 Å². The van der Waals surface area contributed by atoms with Crippen molar-refractivity contribution >= 4 is 11.5 Å². The van der Waals surface area contributed by atoms with Crippen LogP contribution >= 0.6 is 0 Å². The Morgan fingerprint density at radius 3 is 2.39 bits per heavy atom. The van der Waals surface area contributed by atoms with Gasteiger partial charge in [-0.2, -0.15) is 13.2 Å². The Kier molecular flexibility index (Phi) is 7.05. The van der Waals surface area contributed by atoms with Crippen LogP contribution in [0, 0.1) is 0 Å². The van der Waals surface area contributed by atoms with Crippen LogP contribution in [0.1, 0.15) is 64.7 Å². The number of Topliss-reactive ketones (excluding diaryl/α,β-unsaturated/α-hetero) is 1. The van der Waals surface area contributed by atoms with E-state index in [1.54, 1.807) is 19.2 Å². The molecule has 3 heterocycles. The molecule has 0 spiro atoms. The van der Waals surface area contributed by atoms with Gasteiger partial charge in [0.2, 0.25) is 0 Å². The van der Waals surface area contributed by atoms with Crippen LogP contribution in [0.4, 0.5) is 13.2 Å². The van der Waals surface area contributed by atoms with Gasteiger partial charge in [-0.05, 0) is 59.0 Å². The number of benzene rings is 2. The zero-order valence-corrected chi connectivity index (χ0v) is 20.5. The minimum atomic E-state index is -4.51. The maximum Gasteiger partial charge on any atom is 0.433 e. The molecule has 1 unspecified atom stereocenters. The average molecular weight is 516 g/mol. The van der Waals surface area contributed by atoms with E-state index in [0.717, 1.165) is 28.5 Å². The Morgan fingerprint density at radius 1 is 0.947 bits per heavy atom. The van der Waals surface area contributed by atoms with Gasteiger partial charge >= 0.3 is 6.18 Å². The number of carbonyl (C=O) groups excluding carboxylic acids is 1. The molecule has 0 saturated carbocycles. The van der Waals surface area contributed by atoms with E-state index in [9.17, 15) is 18.0 Å². The largest absolute Gasteiger partial charge is 0.433 e. The Hall–Kier alpha value is -4.33. The first kappa shape index (κ1) is 25.3. The van der Waals surface area contributed by atoms with Crippen LogP contribution in [0.25, 0.3) is 11.1 Å². The summed E-state index contributed by atoms with van der Waals surface area (Å²) in [4.78, 5) is 27.0. The molecule has 2 aromatic carbocycles. The summed E-state index contributed by atoms with van der Waals surface area (Å²) >= 11 is 0. The van der Waals surface area contributed by atoms with Crippen molar-refractivity contribution in [3.8, 4) is 11.1 Å². The molecule has 0 saturated heterocycles. The number of ketones is 1. The smallest absolute Gasteiger partial charge is 0.385 e. The molecule has 0 aliphatic carbocycles. The molecule has 8 heteroatoms. The molecule has 1 aliphatic heterocycles. The van der Waals surface area contributed by atoms with Crippen molar-refractivity contribution in [2.24, 2.45) is 5.16 Å². The van der Waals surface area contributed by atoms with E-state index in [1.807, 2.05) is 60.7 Å². The lowest BCUT2D eigenvalue weighted by Gasteiger charge is -2.14. The van der Waals surface area contributed by atoms with Crippen molar-refractivity contribution in [1.29, 1.82) is 0 Å². The SMILES string of the molecule is C[C@@H](CC(=O)c1cc(C2=NOC(c3ccccn3)C2)cc(-c2ccccc2)c1)c1ccc(C(F)(F)F)nc1. The third-order valence-corrected chi connectivity index (χ3v) is 6.52. The molecule has 5 rings (SSSR count). The Morgan fingerprint density at radius 2 is 1.71 bits per heavy atom. The summed E-state index contributed by atoms with van der Waals surface area (Å²) in [5.41, 5.74) is 4.19. The number of rotatable bonds is 7. The zero-order valence-electron chi connectivity index (χ0n) is 20.5. The fraction of sp³-hybridized carbons (Fsp3) is 0.200. The lowest BCUT2D eigenvalue weighted by atomic mass is 9.90. The van der Waals surface area contributed by atoms with Gasteiger partial charge in [-0.3, -0.25) is 14.8 Å². The zero-order chi connectivity index (χ0) is 26.7. The second-order valence-electron chi connectivity index (χ2n) is 9.26. The van der Waals surface area contributed by atoms with Crippen LogP contribution in [0.5, 0.6) is 0 Å². The van der Waals surface area contributed by atoms with Crippen LogP contribution in [-0.2, 0) is 11.0 Å². The van der Waals surface area contributed by atoms with E-state index in [-0.39, 0.29) is 24.2 Å². The Labute approximate surface area is 218 Å². The van der Waals surface area contributed by atoms with Gasteiger partial charge in [0.15, 0.2) is 11.9 Å². The standard InChI is InChI=1S/C30H24F3N3O2/c1-19(21-10-11-29(35-18-21)30(31,32)33)13-27(37)24-15-22(20-7-3-2-4-8-20)14-23(16-24)26-17-28(38-36-26)25-9-5-6-12-34-25/h2-12,14-16,18-19,28H,13,17H2,1H3/t19-,28?/m0/s1. The maximum absolute atomic E-state index is 13.4. The van der Waals surface area contributed by atoms with Crippen molar-refractivity contribution in [2.75, 3.05) is 0 Å². The predicted molar refractivity (Wildman–Crippen MR) is 138 cm³/mol. The summed E-state index contributed by atoms with van der Waals surface area (Å²) in [6.45, 7) is 1.80. The van der Waals surface area contributed by atoms with Crippen LogP contribution in [-0.4, -0.2) is 21.5 Å². The van der Waals surface area contributed by atoms with Crippen molar-refractivity contribution in [2.45, 2.75) is 38.0 Å². The molecule has 0 radical (unpaired) electrons. The number of pyridine rings is 2. The van der Waals surface area contributed by atoms with Gasteiger partial charge in [-0.15, -0.1) is 0 Å². The van der Waals surface area contributed by atoms with Crippen LogP contribution in [0.3, 0.4) is 0 Å². The molecule has 192 valence electrons. The lowest BCUT2D eigenvalue weighted by Crippen LogP contribution is -2.10. The normalized spacial score (nSPS) is 16.0. The van der Waals surface area contributed by atoms with E-state index in [4.69, 9.17) is 4.84 Å². The van der Waals surface area contributed by atoms with Crippen molar-refractivity contribution in [1.82, 2.24) is 9.97 Å². The molecule has 5 nitrogen and oxygen atoms in total. The number of alkyl halides is 3. The van der Waals surface area contributed by atoms with Crippen molar-refractivity contribution in [3.63, 3.8) is 0 Å². The van der Waals surface area contributed by atoms with E-state index in [1.165, 1.54) is 12.3 Å². The fourth-order valence-corrected chi connectivity index (χ4v) is 4.40. The summed E-state index contributed by atoms with van der Waals surface area (Å²) < 4.78 is 38.6. The monoisotopic (exact) mass is 515 g/mol. The number of nitrogens with zero attached hydrogens (tertiary/aromatic N) is 3. The van der Waals surface area contributed by atoms with Gasteiger partial charge in [0.05, 0.1) is 11.4 Å². The average Bonchev–Trinajstić information content (AvgIpc) is 3.44. The molecule has 0 N–H and O–H groups in total. The lowest BCUT2D eigenvalue weighted by molar-refractivity contribution is -0.141. The first-order chi connectivity index (χ1) is 18.3. The number of oxime groups is 1. The molecule has 2 aromatic heterocycles. The highest BCUT2D eigenvalue weighted by molar-refractivity contribution is 6.06. The van der Waals surface area contributed by atoms with E-state index < -0.39 is 11.9 Å². The Balaban J connectivity index is 1.41. The van der Waals surface area contributed by atoms with Gasteiger partial charge in [-0.25, -0.2) is 0 Å². The minimum Gasteiger partial charge on any atom is -0.385 e. The fourth-order valence-electron chi connectivity index (χ4n) is 4.40. The molecule has 0 bridgehead atoms. The molecule has 38 heavy (non-hydrogen) atoms. The van der Waals surface area contributed by atoms with Gasteiger partial charge in [0, 0.05) is 36.4 Å². The minimum absolute atomic E-state index is 0.115. The number of hydrogen-bond donors (Lipinski definition) is 0.